The van der Waals surface area contributed by atoms with Gasteiger partial charge in [-0.15, -0.1) is 0 Å². The van der Waals surface area contributed by atoms with Gasteiger partial charge in [0.15, 0.2) is 11.5 Å². The minimum atomic E-state index is -0.770. The Hall–Kier alpha value is -2.87. The van der Waals surface area contributed by atoms with Gasteiger partial charge in [-0.25, -0.2) is 8.78 Å². The molecule has 0 amide bonds. The van der Waals surface area contributed by atoms with Crippen molar-refractivity contribution >= 4 is 11.6 Å². The van der Waals surface area contributed by atoms with Crippen LogP contribution in [0.2, 0.25) is 0 Å². The smallest absolute Gasteiger partial charge is 0.162 e. The molecule has 1 aliphatic carbocycles. The van der Waals surface area contributed by atoms with E-state index in [2.05, 4.69) is 0 Å². The fourth-order valence-electron chi connectivity index (χ4n) is 3.14. The second-order valence-electron chi connectivity index (χ2n) is 6.20. The molecule has 1 fully saturated rings. The molecule has 0 atom stereocenters. The normalized spacial score (nSPS) is 14.9. The predicted molar refractivity (Wildman–Crippen MR) is 95.7 cm³/mol. The van der Waals surface area contributed by atoms with E-state index in [9.17, 15) is 14.0 Å². The number of ether oxygens (including phenoxy) is 2. The molecule has 0 heterocycles. The highest BCUT2D eigenvalue weighted by Gasteiger charge is 2.19. The Labute approximate surface area is 151 Å². The standard InChI is InChI=1S/C21H19F2NO2/c1-25-19-10-9-14(12-20(19)26-16-5-2-3-6-16)11-15(13-24)21-17(22)7-4-8-18(21)23/h4,7-12,16H,2-3,5-6H2,1H3/b15-11+. The lowest BCUT2D eigenvalue weighted by molar-refractivity contribution is 0.201. The molecule has 0 radical (unpaired) electrons. The molecule has 0 aromatic heterocycles. The molecule has 0 bridgehead atoms. The minimum Gasteiger partial charge on any atom is -0.493 e. The molecule has 2 aromatic rings. The van der Waals surface area contributed by atoms with Crippen molar-refractivity contribution in [2.45, 2.75) is 31.8 Å². The van der Waals surface area contributed by atoms with Crippen LogP contribution in [0.3, 0.4) is 0 Å². The van der Waals surface area contributed by atoms with Crippen LogP contribution in [-0.4, -0.2) is 13.2 Å². The Morgan fingerprint density at radius 3 is 2.42 bits per heavy atom. The van der Waals surface area contributed by atoms with Gasteiger partial charge in [-0.2, -0.15) is 5.26 Å². The lowest BCUT2D eigenvalue weighted by Gasteiger charge is -2.16. The molecule has 3 nitrogen and oxygen atoms in total. The number of rotatable bonds is 5. The van der Waals surface area contributed by atoms with Crippen molar-refractivity contribution in [3.63, 3.8) is 0 Å². The van der Waals surface area contributed by atoms with Gasteiger partial charge >= 0.3 is 0 Å². The number of nitriles is 1. The average Bonchev–Trinajstić information content (AvgIpc) is 3.14. The van der Waals surface area contributed by atoms with E-state index in [0.717, 1.165) is 37.8 Å². The van der Waals surface area contributed by atoms with Crippen molar-refractivity contribution in [2.24, 2.45) is 0 Å². The third-order valence-corrected chi connectivity index (χ3v) is 4.45. The van der Waals surface area contributed by atoms with E-state index in [1.54, 1.807) is 25.3 Å². The lowest BCUT2D eigenvalue weighted by atomic mass is 10.0. The number of benzene rings is 2. The van der Waals surface area contributed by atoms with E-state index < -0.39 is 11.6 Å². The van der Waals surface area contributed by atoms with Gasteiger partial charge < -0.3 is 9.47 Å². The van der Waals surface area contributed by atoms with E-state index in [1.165, 1.54) is 12.1 Å². The largest absolute Gasteiger partial charge is 0.493 e. The molecular formula is C21H19F2NO2. The van der Waals surface area contributed by atoms with Gasteiger partial charge in [-0.05, 0) is 61.6 Å². The molecule has 0 aliphatic heterocycles. The summed E-state index contributed by atoms with van der Waals surface area (Å²) in [5, 5.41) is 9.38. The third kappa shape index (κ3) is 3.85. The molecule has 3 rings (SSSR count). The van der Waals surface area contributed by atoms with Crippen LogP contribution in [0.4, 0.5) is 8.78 Å². The van der Waals surface area contributed by atoms with Crippen LogP contribution in [0.5, 0.6) is 11.5 Å². The first-order valence-electron chi connectivity index (χ1n) is 8.53. The summed E-state index contributed by atoms with van der Waals surface area (Å²) in [6.45, 7) is 0. The number of hydrogen-bond acceptors (Lipinski definition) is 3. The molecule has 5 heteroatoms. The van der Waals surface area contributed by atoms with Crippen molar-refractivity contribution in [3.05, 3.63) is 59.2 Å². The Kier molecular flexibility index (Phi) is 5.52. The van der Waals surface area contributed by atoms with Crippen LogP contribution in [0.15, 0.2) is 36.4 Å². The quantitative estimate of drug-likeness (QED) is 0.536. The predicted octanol–water partition coefficient (Wildman–Crippen LogP) is 5.36. The average molecular weight is 355 g/mol. The molecule has 134 valence electrons. The van der Waals surface area contributed by atoms with Gasteiger partial charge in [0, 0.05) is 0 Å². The van der Waals surface area contributed by atoms with Crippen molar-refractivity contribution in [2.75, 3.05) is 7.11 Å². The summed E-state index contributed by atoms with van der Waals surface area (Å²) in [5.74, 6) is -0.383. The first kappa shape index (κ1) is 17.9. The minimum absolute atomic E-state index is 0.0856. The first-order valence-corrected chi connectivity index (χ1v) is 8.53. The van der Waals surface area contributed by atoms with Crippen molar-refractivity contribution < 1.29 is 18.3 Å². The number of hydrogen-bond donors (Lipinski definition) is 0. The molecule has 0 saturated heterocycles. The van der Waals surface area contributed by atoms with Crippen LogP contribution in [0.25, 0.3) is 11.6 Å². The fourth-order valence-corrected chi connectivity index (χ4v) is 3.14. The van der Waals surface area contributed by atoms with Gasteiger partial charge in [-0.1, -0.05) is 12.1 Å². The van der Waals surface area contributed by atoms with Crippen LogP contribution in [0, 0.1) is 23.0 Å². The van der Waals surface area contributed by atoms with Gasteiger partial charge in [0.2, 0.25) is 0 Å². The van der Waals surface area contributed by atoms with Gasteiger partial charge in [0.25, 0.3) is 0 Å². The van der Waals surface area contributed by atoms with Gasteiger partial charge in [0.1, 0.15) is 11.6 Å². The summed E-state index contributed by atoms with van der Waals surface area (Å²) >= 11 is 0. The SMILES string of the molecule is COc1ccc(/C=C(\C#N)c2c(F)cccc2F)cc1OC1CCCC1. The number of allylic oxidation sites excluding steroid dienone is 1. The molecule has 1 saturated carbocycles. The van der Waals surface area contributed by atoms with Crippen LogP contribution in [-0.2, 0) is 0 Å². The maximum atomic E-state index is 14.0. The van der Waals surface area contributed by atoms with E-state index in [1.807, 2.05) is 6.07 Å². The highest BCUT2D eigenvalue weighted by Crippen LogP contribution is 2.33. The third-order valence-electron chi connectivity index (χ3n) is 4.45. The van der Waals surface area contributed by atoms with E-state index in [4.69, 9.17) is 9.47 Å². The highest BCUT2D eigenvalue weighted by molar-refractivity contribution is 5.90. The van der Waals surface area contributed by atoms with E-state index >= 15 is 0 Å². The topological polar surface area (TPSA) is 42.2 Å². The summed E-state index contributed by atoms with van der Waals surface area (Å²) in [4.78, 5) is 0. The Bertz CT molecular complexity index is 845. The summed E-state index contributed by atoms with van der Waals surface area (Å²) in [5.41, 5.74) is 0.194. The Balaban J connectivity index is 1.97. The maximum absolute atomic E-state index is 14.0. The number of nitrogens with zero attached hydrogens (tertiary/aromatic N) is 1. The molecular weight excluding hydrogens is 336 g/mol. The van der Waals surface area contributed by atoms with Gasteiger partial charge in [0.05, 0.1) is 30.4 Å². The maximum Gasteiger partial charge on any atom is 0.162 e. The molecule has 26 heavy (non-hydrogen) atoms. The molecule has 0 spiro atoms. The van der Waals surface area contributed by atoms with Gasteiger partial charge in [-0.3, -0.25) is 0 Å². The second-order valence-corrected chi connectivity index (χ2v) is 6.20. The Morgan fingerprint density at radius 1 is 1.12 bits per heavy atom. The van der Waals surface area contributed by atoms with Crippen LogP contribution >= 0.6 is 0 Å². The summed E-state index contributed by atoms with van der Waals surface area (Å²) < 4.78 is 39.3. The monoisotopic (exact) mass is 355 g/mol. The zero-order valence-electron chi connectivity index (χ0n) is 14.5. The van der Waals surface area contributed by atoms with Crippen molar-refractivity contribution in [3.8, 4) is 17.6 Å². The molecule has 2 aromatic carbocycles. The van der Waals surface area contributed by atoms with E-state index in [-0.39, 0.29) is 17.2 Å². The number of halogens is 2. The van der Waals surface area contributed by atoms with Crippen molar-refractivity contribution in [1.29, 1.82) is 5.26 Å². The summed E-state index contributed by atoms with van der Waals surface area (Å²) in [6.07, 6.45) is 5.85. The van der Waals surface area contributed by atoms with Crippen LogP contribution < -0.4 is 9.47 Å². The molecule has 1 aliphatic rings. The zero-order valence-corrected chi connectivity index (χ0v) is 14.5. The molecule has 0 unspecified atom stereocenters. The number of methoxy groups -OCH3 is 1. The summed E-state index contributed by atoms with van der Waals surface area (Å²) in [6, 6.07) is 10.6. The highest BCUT2D eigenvalue weighted by atomic mass is 19.1. The Morgan fingerprint density at radius 2 is 1.81 bits per heavy atom. The molecule has 0 N–H and O–H groups in total. The first-order chi connectivity index (χ1) is 12.6. The van der Waals surface area contributed by atoms with Crippen LogP contribution in [0.1, 0.15) is 36.8 Å². The zero-order chi connectivity index (χ0) is 18.5. The van der Waals surface area contributed by atoms with E-state index in [0.29, 0.717) is 17.1 Å². The lowest BCUT2D eigenvalue weighted by Crippen LogP contribution is -2.11. The van der Waals surface area contributed by atoms with Crippen molar-refractivity contribution in [1.82, 2.24) is 0 Å². The second kappa shape index (κ2) is 8.01. The fraction of sp³-hybridized carbons (Fsp3) is 0.286. The summed E-state index contributed by atoms with van der Waals surface area (Å²) in [7, 11) is 1.56.